The number of hydrogen-bond acceptors (Lipinski definition) is 3. The van der Waals surface area contributed by atoms with Gasteiger partial charge in [-0.2, -0.15) is 0 Å². The van der Waals surface area contributed by atoms with E-state index < -0.39 is 6.10 Å². The van der Waals surface area contributed by atoms with Crippen molar-refractivity contribution in [3.05, 3.63) is 29.8 Å². The van der Waals surface area contributed by atoms with Gasteiger partial charge in [-0.25, -0.2) is 0 Å². The SMILES string of the molecule is O=C(Nc1ccc(CCC(=O)N2CCCC2)cc1)C1CCCC1O. The molecule has 1 heterocycles. The normalized spacial score (nSPS) is 23.5. The van der Waals surface area contributed by atoms with Gasteiger partial charge in [-0.15, -0.1) is 0 Å². The van der Waals surface area contributed by atoms with Gasteiger partial charge in [-0.3, -0.25) is 9.59 Å². The molecule has 0 spiro atoms. The highest BCUT2D eigenvalue weighted by molar-refractivity contribution is 5.93. The zero-order valence-electron chi connectivity index (χ0n) is 14.0. The fourth-order valence-corrected chi connectivity index (χ4v) is 3.61. The Balaban J connectivity index is 1.48. The smallest absolute Gasteiger partial charge is 0.230 e. The van der Waals surface area contributed by atoms with E-state index in [4.69, 9.17) is 0 Å². The van der Waals surface area contributed by atoms with Gasteiger partial charge in [0.25, 0.3) is 0 Å². The van der Waals surface area contributed by atoms with E-state index in [1.807, 2.05) is 29.2 Å². The predicted molar refractivity (Wildman–Crippen MR) is 92.6 cm³/mol. The van der Waals surface area contributed by atoms with Crippen LogP contribution in [0, 0.1) is 5.92 Å². The van der Waals surface area contributed by atoms with Crippen LogP contribution in [0.25, 0.3) is 0 Å². The molecule has 5 nitrogen and oxygen atoms in total. The third kappa shape index (κ3) is 4.15. The summed E-state index contributed by atoms with van der Waals surface area (Å²) in [6.07, 6.45) is 5.37. The molecule has 0 aromatic heterocycles. The van der Waals surface area contributed by atoms with Crippen molar-refractivity contribution in [2.75, 3.05) is 18.4 Å². The highest BCUT2D eigenvalue weighted by atomic mass is 16.3. The summed E-state index contributed by atoms with van der Waals surface area (Å²) in [6.45, 7) is 1.80. The molecule has 1 saturated heterocycles. The van der Waals surface area contributed by atoms with Crippen LogP contribution in [-0.2, 0) is 16.0 Å². The van der Waals surface area contributed by atoms with Crippen LogP contribution in [0.2, 0.25) is 0 Å². The Morgan fingerprint density at radius 1 is 1.08 bits per heavy atom. The Morgan fingerprint density at radius 3 is 2.42 bits per heavy atom. The van der Waals surface area contributed by atoms with Crippen molar-refractivity contribution in [3.63, 3.8) is 0 Å². The molecular formula is C19H26N2O3. The Bertz CT molecular complexity index is 579. The number of benzene rings is 1. The summed E-state index contributed by atoms with van der Waals surface area (Å²) >= 11 is 0. The van der Waals surface area contributed by atoms with Crippen LogP contribution in [0.4, 0.5) is 5.69 Å². The van der Waals surface area contributed by atoms with Gasteiger partial charge in [-0.05, 0) is 56.2 Å². The van der Waals surface area contributed by atoms with Crippen LogP contribution in [0.5, 0.6) is 0 Å². The Hall–Kier alpha value is -1.88. The summed E-state index contributed by atoms with van der Waals surface area (Å²) < 4.78 is 0. The van der Waals surface area contributed by atoms with Crippen molar-refractivity contribution in [2.24, 2.45) is 5.92 Å². The molecule has 1 aromatic rings. The molecule has 24 heavy (non-hydrogen) atoms. The first kappa shape index (κ1) is 17.0. The van der Waals surface area contributed by atoms with E-state index in [1.165, 1.54) is 0 Å². The van der Waals surface area contributed by atoms with Gasteiger partial charge in [-0.1, -0.05) is 12.1 Å². The minimum atomic E-state index is -0.513. The average Bonchev–Trinajstić information content (AvgIpc) is 3.25. The van der Waals surface area contributed by atoms with Gasteiger partial charge in [0, 0.05) is 25.2 Å². The van der Waals surface area contributed by atoms with E-state index in [0.717, 1.165) is 56.4 Å². The summed E-state index contributed by atoms with van der Waals surface area (Å²) in [7, 11) is 0. The molecule has 2 fully saturated rings. The number of likely N-dealkylation sites (tertiary alicyclic amines) is 1. The number of nitrogens with zero attached hydrogens (tertiary/aromatic N) is 1. The van der Waals surface area contributed by atoms with Gasteiger partial charge < -0.3 is 15.3 Å². The first-order valence-corrected chi connectivity index (χ1v) is 8.99. The topological polar surface area (TPSA) is 69.6 Å². The number of rotatable bonds is 5. The van der Waals surface area contributed by atoms with E-state index in [1.54, 1.807) is 0 Å². The highest BCUT2D eigenvalue weighted by Gasteiger charge is 2.31. The van der Waals surface area contributed by atoms with Crippen LogP contribution in [0.15, 0.2) is 24.3 Å². The summed E-state index contributed by atoms with van der Waals surface area (Å²) in [5.41, 5.74) is 1.84. The quantitative estimate of drug-likeness (QED) is 0.870. The largest absolute Gasteiger partial charge is 0.392 e. The molecule has 1 aliphatic carbocycles. The Labute approximate surface area is 143 Å². The van der Waals surface area contributed by atoms with Gasteiger partial charge in [0.15, 0.2) is 0 Å². The molecule has 2 N–H and O–H groups in total. The Morgan fingerprint density at radius 2 is 1.79 bits per heavy atom. The molecule has 130 valence electrons. The number of hydrogen-bond donors (Lipinski definition) is 2. The van der Waals surface area contributed by atoms with Crippen LogP contribution < -0.4 is 5.32 Å². The Kier molecular flexibility index (Phi) is 5.51. The highest BCUT2D eigenvalue weighted by Crippen LogP contribution is 2.26. The molecule has 2 unspecified atom stereocenters. The number of carbonyl (C=O) groups excluding carboxylic acids is 2. The molecule has 2 aliphatic rings. The summed E-state index contributed by atoms with van der Waals surface area (Å²) in [5.74, 6) is -0.153. The van der Waals surface area contributed by atoms with Gasteiger partial charge >= 0.3 is 0 Å². The maximum absolute atomic E-state index is 12.2. The fraction of sp³-hybridized carbons (Fsp3) is 0.579. The molecule has 0 radical (unpaired) electrons. The van der Waals surface area contributed by atoms with Crippen molar-refractivity contribution in [2.45, 2.75) is 51.0 Å². The summed E-state index contributed by atoms with van der Waals surface area (Å²) in [4.78, 5) is 26.2. The third-order valence-electron chi connectivity index (χ3n) is 5.12. The molecule has 5 heteroatoms. The fourth-order valence-electron chi connectivity index (χ4n) is 3.61. The maximum atomic E-state index is 12.2. The minimum Gasteiger partial charge on any atom is -0.392 e. The lowest BCUT2D eigenvalue weighted by Crippen LogP contribution is -2.28. The van der Waals surface area contributed by atoms with Crippen molar-refractivity contribution in [3.8, 4) is 0 Å². The first-order valence-electron chi connectivity index (χ1n) is 8.99. The number of aliphatic hydroxyl groups is 1. The van der Waals surface area contributed by atoms with Gasteiger partial charge in [0.1, 0.15) is 0 Å². The zero-order valence-corrected chi connectivity index (χ0v) is 14.0. The summed E-state index contributed by atoms with van der Waals surface area (Å²) in [6, 6.07) is 7.65. The van der Waals surface area contributed by atoms with E-state index >= 15 is 0 Å². The molecule has 2 amide bonds. The molecule has 2 atom stereocenters. The van der Waals surface area contributed by atoms with E-state index in [9.17, 15) is 14.7 Å². The van der Waals surface area contributed by atoms with Gasteiger partial charge in [0.2, 0.25) is 11.8 Å². The molecule has 3 rings (SSSR count). The maximum Gasteiger partial charge on any atom is 0.230 e. The van der Waals surface area contributed by atoms with Crippen molar-refractivity contribution >= 4 is 17.5 Å². The van der Waals surface area contributed by atoms with Crippen LogP contribution in [-0.4, -0.2) is 41.0 Å². The van der Waals surface area contributed by atoms with Crippen LogP contribution in [0.3, 0.4) is 0 Å². The summed E-state index contributed by atoms with van der Waals surface area (Å²) in [5, 5.41) is 12.7. The molecule has 1 aliphatic heterocycles. The predicted octanol–water partition coefficient (Wildman–Crippen LogP) is 2.34. The lowest BCUT2D eigenvalue weighted by Gasteiger charge is -2.15. The van der Waals surface area contributed by atoms with Crippen LogP contribution in [0.1, 0.15) is 44.1 Å². The number of anilines is 1. The second-order valence-electron chi connectivity index (χ2n) is 6.88. The molecule has 1 aromatic carbocycles. The number of carbonyl (C=O) groups is 2. The minimum absolute atomic E-state index is 0.100. The second kappa shape index (κ2) is 7.79. The number of aliphatic hydroxyl groups excluding tert-OH is 1. The van der Waals surface area contributed by atoms with Crippen LogP contribution >= 0.6 is 0 Å². The van der Waals surface area contributed by atoms with Crippen molar-refractivity contribution < 1.29 is 14.7 Å². The standard InChI is InChI=1S/C19H26N2O3/c22-17-5-3-4-16(17)19(24)20-15-9-6-14(7-10-15)8-11-18(23)21-12-1-2-13-21/h6-7,9-10,16-17,22H,1-5,8,11-13H2,(H,20,24). The molecule has 0 bridgehead atoms. The molecular weight excluding hydrogens is 304 g/mol. The van der Waals surface area contributed by atoms with E-state index in [-0.39, 0.29) is 17.7 Å². The van der Waals surface area contributed by atoms with E-state index in [0.29, 0.717) is 12.8 Å². The lowest BCUT2D eigenvalue weighted by atomic mass is 10.0. The van der Waals surface area contributed by atoms with Gasteiger partial charge in [0.05, 0.1) is 12.0 Å². The van der Waals surface area contributed by atoms with E-state index in [2.05, 4.69) is 5.32 Å². The molecule has 1 saturated carbocycles. The van der Waals surface area contributed by atoms with Crippen molar-refractivity contribution in [1.82, 2.24) is 4.90 Å². The zero-order chi connectivity index (χ0) is 16.9. The number of amides is 2. The first-order chi connectivity index (χ1) is 11.6. The lowest BCUT2D eigenvalue weighted by molar-refractivity contribution is -0.130. The number of nitrogens with one attached hydrogen (secondary N) is 1. The van der Waals surface area contributed by atoms with Crippen molar-refractivity contribution in [1.29, 1.82) is 0 Å². The average molecular weight is 330 g/mol. The third-order valence-corrected chi connectivity index (χ3v) is 5.12. The second-order valence-corrected chi connectivity index (χ2v) is 6.88. The number of aryl methyl sites for hydroxylation is 1. The monoisotopic (exact) mass is 330 g/mol.